The largest absolute Gasteiger partial charge is 0.437 e. The molecule has 0 spiro atoms. The predicted octanol–water partition coefficient (Wildman–Crippen LogP) is 13.2. The van der Waals surface area contributed by atoms with E-state index in [2.05, 4.69) is 34.8 Å². The summed E-state index contributed by atoms with van der Waals surface area (Å²) in [5.74, 6) is 0.442. The fourth-order valence-corrected chi connectivity index (χ4v) is 13.5. The Morgan fingerprint density at radius 3 is 0.840 bits per heavy atom. The zero-order valence-electron chi connectivity index (χ0n) is 66.1. The van der Waals surface area contributed by atoms with E-state index >= 15 is 0 Å². The van der Waals surface area contributed by atoms with Crippen molar-refractivity contribution in [3.8, 4) is 0 Å². The third-order valence-corrected chi connectivity index (χ3v) is 20.6. The summed E-state index contributed by atoms with van der Waals surface area (Å²) in [4.78, 5) is 41.0. The van der Waals surface area contributed by atoms with Crippen molar-refractivity contribution < 1.29 is 65.5 Å². The number of hydrogen-bond donors (Lipinski definition) is 12. The highest BCUT2D eigenvalue weighted by atomic mass is 17.1. The van der Waals surface area contributed by atoms with Crippen molar-refractivity contribution in [3.05, 3.63) is 0 Å². The highest BCUT2D eigenvalue weighted by molar-refractivity contribution is 6.46. The Hall–Kier alpha value is -1.35. The van der Waals surface area contributed by atoms with Gasteiger partial charge >= 0.3 is 42.3 Å². The van der Waals surface area contributed by atoms with E-state index < -0.39 is 48.4 Å². The third kappa shape index (κ3) is 66.1. The standard InChI is InChI=1S/C73H158B6N8O11.H2O2/c1-74(91)82(7)59-51-65-84(76(3)93)61-46-48-63-86(78(5)95)67-70(68-87(79(6)96)64-49-47-62-85(77(4)94)66-52-60-83(8)75(2)92)53-42-39-41-45-58-80-72(89)55-43-38-36-34-32-30-28-26-24-22-20-18-16-14-12-10-9-11-13-15-17-19-21-23-25-27-29-31-33-35-37-40-44-57-81-73(90)56-50-54-71(69-88)98-97;1-2/h70-71,88,91-97H,9-69H2,1-8H3,(H,80,89)(H,81,90);1-2H/t71-;/m0./s1. The van der Waals surface area contributed by atoms with Gasteiger partial charge in [-0.1, -0.05) is 218 Å². The van der Waals surface area contributed by atoms with Gasteiger partial charge in [-0.25, -0.2) is 4.89 Å². The topological polar surface area (TPSA) is 289 Å². The molecule has 0 fully saturated rings. The van der Waals surface area contributed by atoms with E-state index in [0.29, 0.717) is 38.8 Å². The Bertz CT molecular complexity index is 1670. The molecule has 0 saturated carbocycles. The molecular weight excluding hydrogens is 1260 g/mol. The highest BCUT2D eigenvalue weighted by Gasteiger charge is 2.26. The van der Waals surface area contributed by atoms with Crippen LogP contribution in [0.15, 0.2) is 0 Å². The SMILES string of the molecule is CB(O)N(C)CCCN(CCCCN(CC(CCCCCCNC(=O)CCCCCCCCCCCCCCCCCCCCCCCCCCCCCCCCCCCNC(=O)CCC[C@@H](CO)OO)CN(CCCCN(CCCN(C)B(C)O)B(C)O)B(C)O)B(C)O)B(C)O.OO. The molecule has 588 valence electrons. The zero-order valence-corrected chi connectivity index (χ0v) is 66.1. The summed E-state index contributed by atoms with van der Waals surface area (Å²) in [7, 11) is 0.439. The number of hydrogen-bond acceptors (Lipinski definition) is 19. The Kier molecular flexibility index (Phi) is 75.0. The van der Waals surface area contributed by atoms with E-state index in [1.165, 1.54) is 193 Å². The molecule has 0 aliphatic heterocycles. The van der Waals surface area contributed by atoms with Gasteiger partial charge in [-0.3, -0.25) is 25.4 Å². The van der Waals surface area contributed by atoms with Gasteiger partial charge in [-0.05, 0) is 203 Å². The monoisotopic (exact) mass is 1420 g/mol. The maximum absolute atomic E-state index is 12.7. The quantitative estimate of drug-likeness (QED) is 0.0117. The molecule has 27 heteroatoms. The maximum Gasteiger partial charge on any atom is 0.376 e. The molecule has 12 N–H and O–H groups in total. The molecule has 0 unspecified atom stereocenters. The third-order valence-electron chi connectivity index (χ3n) is 20.6. The smallest absolute Gasteiger partial charge is 0.376 e. The first-order valence-corrected chi connectivity index (χ1v) is 41.4. The fraction of sp³-hybridized carbons (Fsp3) is 0.973. The van der Waals surface area contributed by atoms with Gasteiger partial charge in [0, 0.05) is 25.9 Å². The molecule has 0 heterocycles. The van der Waals surface area contributed by atoms with Crippen molar-refractivity contribution >= 4 is 54.1 Å². The van der Waals surface area contributed by atoms with Crippen molar-refractivity contribution in [1.82, 2.24) is 39.5 Å². The van der Waals surface area contributed by atoms with E-state index in [9.17, 15) is 39.7 Å². The number of amides is 2. The summed E-state index contributed by atoms with van der Waals surface area (Å²) in [6.45, 7) is 19.4. The van der Waals surface area contributed by atoms with Crippen LogP contribution in [0.5, 0.6) is 0 Å². The minimum Gasteiger partial charge on any atom is -0.437 e. The Balaban J connectivity index is 0. The molecule has 0 aromatic rings. The molecule has 2 amide bonds. The average molecular weight is 1420 g/mol. The number of carbonyl (C=O) groups is 2. The average Bonchev–Trinajstić information content (AvgIpc) is 0.912. The Labute approximate surface area is 616 Å². The van der Waals surface area contributed by atoms with Gasteiger partial charge in [-0.15, -0.1) is 0 Å². The minimum absolute atomic E-state index is 0.0351. The number of aliphatic hydroxyl groups is 1. The zero-order chi connectivity index (χ0) is 74.5. The van der Waals surface area contributed by atoms with Gasteiger partial charge < -0.3 is 74.7 Å². The van der Waals surface area contributed by atoms with Crippen molar-refractivity contribution in [1.29, 1.82) is 0 Å². The number of unbranched alkanes of at least 4 members (excludes halogenated alkanes) is 37. The second-order valence-electron chi connectivity index (χ2n) is 29.9. The van der Waals surface area contributed by atoms with Gasteiger partial charge in [0.2, 0.25) is 11.8 Å². The van der Waals surface area contributed by atoms with Crippen LogP contribution in [0.4, 0.5) is 0 Å². The maximum atomic E-state index is 12.7. The number of rotatable bonds is 77. The van der Waals surface area contributed by atoms with Crippen LogP contribution in [-0.2, 0) is 14.5 Å². The molecule has 21 nitrogen and oxygen atoms in total. The van der Waals surface area contributed by atoms with Crippen molar-refractivity contribution in [2.45, 2.75) is 355 Å². The Morgan fingerprint density at radius 2 is 0.570 bits per heavy atom. The highest BCUT2D eigenvalue weighted by Crippen LogP contribution is 2.21. The van der Waals surface area contributed by atoms with Crippen molar-refractivity contribution in [2.24, 2.45) is 5.92 Å². The first-order valence-electron chi connectivity index (χ1n) is 41.4. The summed E-state index contributed by atoms with van der Waals surface area (Å²) in [5.41, 5.74) is 0. The van der Waals surface area contributed by atoms with Crippen molar-refractivity contribution in [3.63, 3.8) is 0 Å². The van der Waals surface area contributed by atoms with Gasteiger partial charge in [0.1, 0.15) is 6.10 Å². The molecule has 0 bridgehead atoms. The lowest BCUT2D eigenvalue weighted by atomic mass is 9.80. The molecular formula is C73H160B6N8O13. The Morgan fingerprint density at radius 1 is 0.320 bits per heavy atom. The molecule has 1 atom stereocenters. The molecule has 0 aromatic heterocycles. The van der Waals surface area contributed by atoms with Gasteiger partial charge in [0.15, 0.2) is 0 Å². The summed E-state index contributed by atoms with van der Waals surface area (Å²) in [5, 5.41) is 98.6. The number of aliphatic hydroxyl groups excluding tert-OH is 1. The van der Waals surface area contributed by atoms with Crippen LogP contribution >= 0.6 is 0 Å². The lowest BCUT2D eigenvalue weighted by Crippen LogP contribution is -2.47. The molecule has 100 heavy (non-hydrogen) atoms. The summed E-state index contributed by atoms with van der Waals surface area (Å²) >= 11 is 0. The second kappa shape index (κ2) is 74.5. The fourth-order valence-electron chi connectivity index (χ4n) is 13.5. The second-order valence-corrected chi connectivity index (χ2v) is 29.9. The molecule has 0 aliphatic rings. The minimum atomic E-state index is -0.619. The van der Waals surface area contributed by atoms with E-state index in [0.717, 1.165) is 155 Å². The van der Waals surface area contributed by atoms with Crippen LogP contribution in [0.1, 0.15) is 308 Å². The normalized spacial score (nSPS) is 12.1. The van der Waals surface area contributed by atoms with E-state index in [-0.39, 0.29) is 24.3 Å². The molecule has 0 radical (unpaired) electrons. The summed E-state index contributed by atoms with van der Waals surface area (Å²) in [6, 6.07) is 0. The number of nitrogens with one attached hydrogen (secondary N) is 2. The van der Waals surface area contributed by atoms with E-state index in [1.54, 1.807) is 13.6 Å². The van der Waals surface area contributed by atoms with E-state index in [1.807, 2.05) is 51.0 Å². The van der Waals surface area contributed by atoms with Gasteiger partial charge in [-0.2, -0.15) is 0 Å². The van der Waals surface area contributed by atoms with E-state index in [4.69, 9.17) is 20.9 Å². The van der Waals surface area contributed by atoms with Crippen LogP contribution in [0.25, 0.3) is 0 Å². The lowest BCUT2D eigenvalue weighted by molar-refractivity contribution is -0.286. The predicted molar refractivity (Wildman–Crippen MR) is 426 cm³/mol. The first-order chi connectivity index (χ1) is 48.3. The van der Waals surface area contributed by atoms with Crippen LogP contribution in [0.2, 0.25) is 40.9 Å². The van der Waals surface area contributed by atoms with Crippen LogP contribution in [-0.4, -0.2) is 239 Å². The summed E-state index contributed by atoms with van der Waals surface area (Å²) in [6.07, 6.45) is 56.0. The van der Waals surface area contributed by atoms with Crippen LogP contribution in [0, 0.1) is 5.92 Å². The molecule has 0 aromatic carbocycles. The summed E-state index contributed by atoms with van der Waals surface area (Å²) < 4.78 is 0. The number of carbonyl (C=O) groups excluding carboxylic acids is 2. The number of nitrogens with zero attached hydrogens (tertiary/aromatic N) is 6. The lowest BCUT2D eigenvalue weighted by Gasteiger charge is -2.33. The molecule has 0 rings (SSSR count). The van der Waals surface area contributed by atoms with Crippen LogP contribution < -0.4 is 10.6 Å². The van der Waals surface area contributed by atoms with Gasteiger partial charge in [0.25, 0.3) is 0 Å². The van der Waals surface area contributed by atoms with Crippen molar-refractivity contribution in [2.75, 3.05) is 99.2 Å². The molecule has 0 saturated heterocycles. The first kappa shape index (κ1) is 101. The van der Waals surface area contributed by atoms with Crippen LogP contribution in [0.3, 0.4) is 0 Å². The van der Waals surface area contributed by atoms with Gasteiger partial charge in [0.05, 0.1) is 6.61 Å². The molecule has 0 aliphatic carbocycles.